The van der Waals surface area contributed by atoms with Gasteiger partial charge >= 0.3 is 6.09 Å². The SMILES string of the molecule is CC(C)(C)OC(=O)Nc1cccc(C2(N)C=CC(Cl)=CC2CO)c1. The Hall–Kier alpha value is -1.82. The third-order valence-electron chi connectivity index (χ3n) is 3.70. The van der Waals surface area contributed by atoms with E-state index in [4.69, 9.17) is 22.1 Å². The predicted molar refractivity (Wildman–Crippen MR) is 95.8 cm³/mol. The second-order valence-corrected chi connectivity index (χ2v) is 7.25. The molecule has 0 heterocycles. The van der Waals surface area contributed by atoms with Crippen molar-refractivity contribution in [3.8, 4) is 0 Å². The van der Waals surface area contributed by atoms with Gasteiger partial charge in [0.2, 0.25) is 0 Å². The van der Waals surface area contributed by atoms with Crippen molar-refractivity contribution in [2.45, 2.75) is 31.9 Å². The number of anilines is 1. The zero-order valence-electron chi connectivity index (χ0n) is 14.0. The van der Waals surface area contributed by atoms with Gasteiger partial charge in [0.25, 0.3) is 0 Å². The van der Waals surface area contributed by atoms with E-state index in [0.717, 1.165) is 5.56 Å². The van der Waals surface area contributed by atoms with Crippen LogP contribution >= 0.6 is 11.6 Å². The molecule has 0 radical (unpaired) electrons. The molecule has 130 valence electrons. The summed E-state index contributed by atoms with van der Waals surface area (Å²) in [5.41, 5.74) is 6.35. The first kappa shape index (κ1) is 18.5. The predicted octanol–water partition coefficient (Wildman–Crippen LogP) is 3.49. The Bertz CT molecular complexity index is 679. The van der Waals surface area contributed by atoms with Crippen LogP contribution in [0, 0.1) is 5.92 Å². The fourth-order valence-corrected chi connectivity index (χ4v) is 2.74. The van der Waals surface area contributed by atoms with Gasteiger partial charge in [-0.25, -0.2) is 4.79 Å². The van der Waals surface area contributed by atoms with Gasteiger partial charge in [-0.15, -0.1) is 0 Å². The highest BCUT2D eigenvalue weighted by atomic mass is 35.5. The first-order valence-electron chi connectivity index (χ1n) is 7.71. The maximum absolute atomic E-state index is 11.9. The molecule has 24 heavy (non-hydrogen) atoms. The van der Waals surface area contributed by atoms with Crippen LogP contribution < -0.4 is 11.1 Å². The summed E-state index contributed by atoms with van der Waals surface area (Å²) < 4.78 is 5.25. The van der Waals surface area contributed by atoms with Crippen LogP contribution in [0.5, 0.6) is 0 Å². The molecule has 0 fully saturated rings. The van der Waals surface area contributed by atoms with Crippen LogP contribution in [0.2, 0.25) is 0 Å². The van der Waals surface area contributed by atoms with E-state index >= 15 is 0 Å². The van der Waals surface area contributed by atoms with Crippen LogP contribution in [-0.4, -0.2) is 23.4 Å². The summed E-state index contributed by atoms with van der Waals surface area (Å²) in [6.07, 6.45) is 4.67. The molecule has 2 unspecified atom stereocenters. The highest BCUT2D eigenvalue weighted by Gasteiger charge is 2.35. The summed E-state index contributed by atoms with van der Waals surface area (Å²) in [4.78, 5) is 11.9. The van der Waals surface area contributed by atoms with Gasteiger partial charge < -0.3 is 15.6 Å². The van der Waals surface area contributed by atoms with Gasteiger partial charge in [0.05, 0.1) is 12.1 Å². The molecule has 0 saturated carbocycles. The minimum Gasteiger partial charge on any atom is -0.444 e. The quantitative estimate of drug-likeness (QED) is 0.779. The summed E-state index contributed by atoms with van der Waals surface area (Å²) in [7, 11) is 0. The molecular weight excluding hydrogens is 328 g/mol. The third kappa shape index (κ3) is 4.38. The molecule has 1 aromatic carbocycles. The Morgan fingerprint density at radius 1 is 1.46 bits per heavy atom. The van der Waals surface area contributed by atoms with E-state index in [1.165, 1.54) is 0 Å². The zero-order valence-corrected chi connectivity index (χ0v) is 14.8. The molecule has 1 amide bonds. The van der Waals surface area contributed by atoms with Crippen molar-refractivity contribution in [3.63, 3.8) is 0 Å². The number of benzene rings is 1. The van der Waals surface area contributed by atoms with E-state index in [0.29, 0.717) is 10.7 Å². The summed E-state index contributed by atoms with van der Waals surface area (Å²) in [6.45, 7) is 5.26. The van der Waals surface area contributed by atoms with Crippen molar-refractivity contribution in [1.29, 1.82) is 0 Å². The monoisotopic (exact) mass is 350 g/mol. The molecule has 5 nitrogen and oxygen atoms in total. The molecule has 0 saturated heterocycles. The Kier molecular flexibility index (Phi) is 5.38. The first-order valence-corrected chi connectivity index (χ1v) is 8.09. The highest BCUT2D eigenvalue weighted by Crippen LogP contribution is 2.35. The summed E-state index contributed by atoms with van der Waals surface area (Å²) in [6, 6.07) is 7.16. The van der Waals surface area contributed by atoms with E-state index in [-0.39, 0.29) is 12.5 Å². The molecule has 6 heteroatoms. The Balaban J connectivity index is 2.24. The largest absolute Gasteiger partial charge is 0.444 e. The number of nitrogens with one attached hydrogen (secondary N) is 1. The molecule has 2 rings (SSSR count). The minimum atomic E-state index is -0.904. The molecule has 0 spiro atoms. The van der Waals surface area contributed by atoms with Crippen LogP contribution in [0.1, 0.15) is 26.3 Å². The van der Waals surface area contributed by atoms with Crippen molar-refractivity contribution in [1.82, 2.24) is 0 Å². The molecule has 2 atom stereocenters. The van der Waals surface area contributed by atoms with Gasteiger partial charge in [0, 0.05) is 16.6 Å². The van der Waals surface area contributed by atoms with Gasteiger partial charge in [-0.2, -0.15) is 0 Å². The number of carbonyl (C=O) groups is 1. The van der Waals surface area contributed by atoms with E-state index in [9.17, 15) is 9.90 Å². The number of ether oxygens (including phenoxy) is 1. The number of nitrogens with two attached hydrogens (primary N) is 1. The summed E-state index contributed by atoms with van der Waals surface area (Å²) in [5.74, 6) is -0.355. The van der Waals surface area contributed by atoms with Crippen LogP contribution in [0.4, 0.5) is 10.5 Å². The first-order chi connectivity index (χ1) is 11.1. The standard InChI is InChI=1S/C18H23ClN2O3/c1-17(2,3)24-16(23)21-15-6-4-5-12(10-15)18(20)8-7-14(19)9-13(18)11-22/h4-10,13,22H,11,20H2,1-3H3,(H,21,23). The zero-order chi connectivity index (χ0) is 18.0. The fraction of sp³-hybridized carbons (Fsp3) is 0.389. The molecule has 1 aromatic rings. The van der Waals surface area contributed by atoms with Gasteiger partial charge in [0.15, 0.2) is 0 Å². The Morgan fingerprint density at radius 2 is 2.17 bits per heavy atom. The number of amides is 1. The average molecular weight is 351 g/mol. The lowest BCUT2D eigenvalue weighted by Gasteiger charge is -2.35. The normalized spacial score (nSPS) is 23.6. The number of halogens is 1. The molecule has 1 aliphatic carbocycles. The van der Waals surface area contributed by atoms with E-state index in [1.807, 2.05) is 6.07 Å². The Morgan fingerprint density at radius 3 is 2.79 bits per heavy atom. The smallest absolute Gasteiger partial charge is 0.412 e. The van der Waals surface area contributed by atoms with Crippen LogP contribution in [0.15, 0.2) is 47.5 Å². The second-order valence-electron chi connectivity index (χ2n) is 6.81. The highest BCUT2D eigenvalue weighted by molar-refractivity contribution is 6.31. The number of rotatable bonds is 3. The lowest BCUT2D eigenvalue weighted by Crippen LogP contribution is -2.44. The maximum atomic E-state index is 11.9. The van der Waals surface area contributed by atoms with E-state index in [2.05, 4.69) is 5.32 Å². The van der Waals surface area contributed by atoms with E-state index in [1.54, 1.807) is 57.2 Å². The van der Waals surface area contributed by atoms with Crippen molar-refractivity contribution >= 4 is 23.4 Å². The molecule has 0 aromatic heterocycles. The summed E-state index contributed by atoms with van der Waals surface area (Å²) >= 11 is 6.00. The number of aliphatic hydroxyl groups excluding tert-OH is 1. The van der Waals surface area contributed by atoms with Crippen molar-refractivity contribution in [2.75, 3.05) is 11.9 Å². The fourth-order valence-electron chi connectivity index (χ4n) is 2.53. The number of carbonyl (C=O) groups excluding carboxylic acids is 1. The van der Waals surface area contributed by atoms with Gasteiger partial charge in [0.1, 0.15) is 5.60 Å². The van der Waals surface area contributed by atoms with Crippen LogP contribution in [-0.2, 0) is 10.3 Å². The number of hydrogen-bond acceptors (Lipinski definition) is 4. The number of allylic oxidation sites excluding steroid dienone is 2. The lowest BCUT2D eigenvalue weighted by atomic mass is 9.76. The molecule has 0 aliphatic heterocycles. The minimum absolute atomic E-state index is 0.138. The number of aliphatic hydroxyl groups is 1. The van der Waals surface area contributed by atoms with Crippen molar-refractivity contribution in [3.05, 3.63) is 53.1 Å². The van der Waals surface area contributed by atoms with E-state index < -0.39 is 17.2 Å². The number of hydrogen-bond donors (Lipinski definition) is 3. The van der Waals surface area contributed by atoms with Crippen LogP contribution in [0.3, 0.4) is 0 Å². The Labute approximate surface area is 147 Å². The van der Waals surface area contributed by atoms with Gasteiger partial charge in [-0.05, 0) is 44.5 Å². The maximum Gasteiger partial charge on any atom is 0.412 e. The van der Waals surface area contributed by atoms with Crippen molar-refractivity contribution in [2.24, 2.45) is 11.7 Å². The second kappa shape index (κ2) is 6.97. The third-order valence-corrected chi connectivity index (χ3v) is 3.95. The topological polar surface area (TPSA) is 84.6 Å². The molecular formula is C18H23ClN2O3. The van der Waals surface area contributed by atoms with Gasteiger partial charge in [-0.1, -0.05) is 35.9 Å². The van der Waals surface area contributed by atoms with Crippen molar-refractivity contribution < 1.29 is 14.6 Å². The summed E-state index contributed by atoms with van der Waals surface area (Å²) in [5, 5.41) is 12.9. The van der Waals surface area contributed by atoms with Gasteiger partial charge in [-0.3, -0.25) is 5.32 Å². The molecule has 1 aliphatic rings. The molecule has 4 N–H and O–H groups in total. The van der Waals surface area contributed by atoms with Crippen LogP contribution in [0.25, 0.3) is 0 Å². The molecule has 0 bridgehead atoms. The lowest BCUT2D eigenvalue weighted by molar-refractivity contribution is 0.0636. The average Bonchev–Trinajstić information content (AvgIpc) is 2.48.